The van der Waals surface area contributed by atoms with Gasteiger partial charge in [-0.15, -0.1) is 0 Å². The molecule has 1 aromatic rings. The number of nitrogens with zero attached hydrogens (tertiary/aromatic N) is 2. The quantitative estimate of drug-likeness (QED) is 0.771. The SMILES string of the molecule is CC(C)C[C@H](NC(=O)c1cnc2n(c1=O)CCS2)C(=O)O. The van der Waals surface area contributed by atoms with Gasteiger partial charge in [0.1, 0.15) is 11.6 Å². The van der Waals surface area contributed by atoms with Gasteiger partial charge in [-0.25, -0.2) is 9.78 Å². The number of fused-ring (bicyclic) bond motifs is 1. The molecule has 2 rings (SSSR count). The topological polar surface area (TPSA) is 101 Å². The van der Waals surface area contributed by atoms with Crippen molar-refractivity contribution < 1.29 is 14.7 Å². The number of carboxylic acid groups (broad SMARTS) is 1. The average Bonchev–Trinajstić information content (AvgIpc) is 2.86. The van der Waals surface area contributed by atoms with Crippen molar-refractivity contribution in [3.05, 3.63) is 22.1 Å². The van der Waals surface area contributed by atoms with Crippen molar-refractivity contribution in [3.8, 4) is 0 Å². The molecule has 1 aliphatic rings. The first-order chi connectivity index (χ1) is 9.90. The van der Waals surface area contributed by atoms with Crippen LogP contribution in [-0.4, -0.2) is 38.3 Å². The Labute approximate surface area is 125 Å². The van der Waals surface area contributed by atoms with E-state index in [2.05, 4.69) is 10.3 Å². The molecule has 2 N–H and O–H groups in total. The summed E-state index contributed by atoms with van der Waals surface area (Å²) in [7, 11) is 0. The van der Waals surface area contributed by atoms with Crippen LogP contribution in [0, 0.1) is 5.92 Å². The average molecular weight is 311 g/mol. The number of rotatable bonds is 5. The van der Waals surface area contributed by atoms with Gasteiger partial charge in [-0.1, -0.05) is 25.6 Å². The van der Waals surface area contributed by atoms with Gasteiger partial charge in [0.2, 0.25) is 0 Å². The summed E-state index contributed by atoms with van der Waals surface area (Å²) in [5.74, 6) is -0.935. The van der Waals surface area contributed by atoms with Crippen LogP contribution < -0.4 is 10.9 Å². The molecule has 0 aromatic carbocycles. The first kappa shape index (κ1) is 15.6. The van der Waals surface area contributed by atoms with Crippen molar-refractivity contribution in [1.29, 1.82) is 0 Å². The molecular weight excluding hydrogens is 294 g/mol. The fraction of sp³-hybridized carbons (Fsp3) is 0.538. The second kappa shape index (κ2) is 6.30. The lowest BCUT2D eigenvalue weighted by Crippen LogP contribution is -2.44. The zero-order valence-corrected chi connectivity index (χ0v) is 12.6. The van der Waals surface area contributed by atoms with E-state index in [4.69, 9.17) is 5.11 Å². The fourth-order valence-electron chi connectivity index (χ4n) is 2.10. The van der Waals surface area contributed by atoms with Crippen LogP contribution in [0.2, 0.25) is 0 Å². The van der Waals surface area contributed by atoms with Crippen molar-refractivity contribution >= 4 is 23.6 Å². The third-order valence-electron chi connectivity index (χ3n) is 3.11. The zero-order chi connectivity index (χ0) is 15.6. The van der Waals surface area contributed by atoms with Gasteiger partial charge in [0.25, 0.3) is 11.5 Å². The van der Waals surface area contributed by atoms with E-state index in [-0.39, 0.29) is 11.5 Å². The molecule has 0 aliphatic carbocycles. The van der Waals surface area contributed by atoms with Crippen molar-refractivity contribution in [1.82, 2.24) is 14.9 Å². The minimum Gasteiger partial charge on any atom is -0.480 e. The molecular formula is C13H17N3O4S. The molecule has 0 bridgehead atoms. The third-order valence-corrected chi connectivity index (χ3v) is 4.08. The van der Waals surface area contributed by atoms with Crippen LogP contribution in [0.5, 0.6) is 0 Å². The number of carboxylic acids is 1. The Morgan fingerprint density at radius 3 is 2.86 bits per heavy atom. The maximum absolute atomic E-state index is 12.2. The molecule has 0 saturated heterocycles. The number of carbonyl (C=O) groups excluding carboxylic acids is 1. The van der Waals surface area contributed by atoms with Gasteiger partial charge in [0.15, 0.2) is 5.16 Å². The monoisotopic (exact) mass is 311 g/mol. The highest BCUT2D eigenvalue weighted by molar-refractivity contribution is 7.99. The van der Waals surface area contributed by atoms with E-state index in [0.29, 0.717) is 18.1 Å². The van der Waals surface area contributed by atoms with Crippen LogP contribution in [-0.2, 0) is 11.3 Å². The van der Waals surface area contributed by atoms with E-state index < -0.39 is 23.5 Å². The fourth-order valence-corrected chi connectivity index (χ4v) is 3.02. The van der Waals surface area contributed by atoms with Crippen LogP contribution in [0.4, 0.5) is 0 Å². The number of aliphatic carboxylic acids is 1. The molecule has 0 unspecified atom stereocenters. The summed E-state index contributed by atoms with van der Waals surface area (Å²) >= 11 is 1.46. The van der Waals surface area contributed by atoms with Gasteiger partial charge >= 0.3 is 5.97 Å². The first-order valence-corrected chi connectivity index (χ1v) is 7.65. The zero-order valence-electron chi connectivity index (χ0n) is 11.8. The van der Waals surface area contributed by atoms with E-state index in [1.165, 1.54) is 22.5 Å². The Morgan fingerprint density at radius 1 is 1.52 bits per heavy atom. The minimum absolute atomic E-state index is 0.113. The summed E-state index contributed by atoms with van der Waals surface area (Å²) in [6.07, 6.45) is 1.52. The Morgan fingerprint density at radius 2 is 2.24 bits per heavy atom. The van der Waals surface area contributed by atoms with E-state index in [1.807, 2.05) is 13.8 Å². The molecule has 7 nitrogen and oxygen atoms in total. The minimum atomic E-state index is -1.11. The highest BCUT2D eigenvalue weighted by atomic mass is 32.2. The van der Waals surface area contributed by atoms with E-state index in [0.717, 1.165) is 5.75 Å². The summed E-state index contributed by atoms with van der Waals surface area (Å²) in [6.45, 7) is 4.25. The Balaban J connectivity index is 2.20. The molecule has 0 fully saturated rings. The maximum atomic E-state index is 12.2. The number of aromatic nitrogens is 2. The third kappa shape index (κ3) is 3.44. The second-order valence-electron chi connectivity index (χ2n) is 5.25. The summed E-state index contributed by atoms with van der Waals surface area (Å²) in [5, 5.41) is 12.1. The van der Waals surface area contributed by atoms with Crippen molar-refractivity contribution in [2.24, 2.45) is 5.92 Å². The van der Waals surface area contributed by atoms with Crippen LogP contribution in [0.1, 0.15) is 30.6 Å². The molecule has 0 saturated carbocycles. The largest absolute Gasteiger partial charge is 0.480 e. The predicted octanol–water partition coefficient (Wildman–Crippen LogP) is 0.578. The maximum Gasteiger partial charge on any atom is 0.326 e. The Hall–Kier alpha value is -1.83. The second-order valence-corrected chi connectivity index (χ2v) is 6.32. The Kier molecular flexibility index (Phi) is 4.66. The number of hydrogen-bond donors (Lipinski definition) is 2. The van der Waals surface area contributed by atoms with Crippen LogP contribution in [0.3, 0.4) is 0 Å². The van der Waals surface area contributed by atoms with Crippen LogP contribution >= 0.6 is 11.8 Å². The number of hydrogen-bond acceptors (Lipinski definition) is 5. The Bertz CT molecular complexity index is 626. The molecule has 2 heterocycles. The number of carbonyl (C=O) groups is 2. The van der Waals surface area contributed by atoms with Crippen molar-refractivity contribution in [3.63, 3.8) is 0 Å². The summed E-state index contributed by atoms with van der Waals surface area (Å²) in [6, 6.07) is -1.01. The molecule has 1 amide bonds. The lowest BCUT2D eigenvalue weighted by atomic mass is 10.0. The number of amides is 1. The number of thioether (sulfide) groups is 1. The smallest absolute Gasteiger partial charge is 0.326 e. The molecule has 114 valence electrons. The van der Waals surface area contributed by atoms with Gasteiger partial charge in [-0.05, 0) is 12.3 Å². The van der Waals surface area contributed by atoms with Crippen molar-refractivity contribution in [2.75, 3.05) is 5.75 Å². The first-order valence-electron chi connectivity index (χ1n) is 6.66. The molecule has 1 aliphatic heterocycles. The molecule has 0 spiro atoms. The normalized spacial score (nSPS) is 14.8. The summed E-state index contributed by atoms with van der Waals surface area (Å²) < 4.78 is 1.44. The molecule has 1 atom stereocenters. The summed E-state index contributed by atoms with van der Waals surface area (Å²) in [4.78, 5) is 39.5. The van der Waals surface area contributed by atoms with Gasteiger partial charge in [0, 0.05) is 18.5 Å². The predicted molar refractivity (Wildman–Crippen MR) is 77.6 cm³/mol. The number of nitrogens with one attached hydrogen (secondary N) is 1. The van der Waals surface area contributed by atoms with Gasteiger partial charge < -0.3 is 10.4 Å². The van der Waals surface area contributed by atoms with E-state index in [1.54, 1.807) is 0 Å². The lowest BCUT2D eigenvalue weighted by Gasteiger charge is -2.16. The van der Waals surface area contributed by atoms with Gasteiger partial charge in [0.05, 0.1) is 0 Å². The van der Waals surface area contributed by atoms with Crippen LogP contribution in [0.25, 0.3) is 0 Å². The molecule has 21 heavy (non-hydrogen) atoms. The standard InChI is InChI=1S/C13H17N3O4S/c1-7(2)5-9(12(19)20)15-10(17)8-6-14-13-16(11(8)18)3-4-21-13/h6-7,9H,3-5H2,1-2H3,(H,15,17)(H,19,20)/t9-/m0/s1. The summed E-state index contributed by atoms with van der Waals surface area (Å²) in [5.41, 5.74) is -0.535. The van der Waals surface area contributed by atoms with Crippen molar-refractivity contribution in [2.45, 2.75) is 38.0 Å². The highest BCUT2D eigenvalue weighted by Gasteiger charge is 2.25. The van der Waals surface area contributed by atoms with Crippen LogP contribution in [0.15, 0.2) is 16.1 Å². The van der Waals surface area contributed by atoms with Gasteiger partial charge in [-0.3, -0.25) is 14.2 Å². The molecule has 8 heteroatoms. The van der Waals surface area contributed by atoms with Gasteiger partial charge in [-0.2, -0.15) is 0 Å². The molecule has 0 radical (unpaired) electrons. The highest BCUT2D eigenvalue weighted by Crippen LogP contribution is 2.20. The lowest BCUT2D eigenvalue weighted by molar-refractivity contribution is -0.139. The van der Waals surface area contributed by atoms with E-state index in [9.17, 15) is 14.4 Å². The molecule has 1 aromatic heterocycles. The van der Waals surface area contributed by atoms with E-state index >= 15 is 0 Å².